The Balaban J connectivity index is 2.06. The van der Waals surface area contributed by atoms with Crippen LogP contribution in [0.15, 0.2) is 16.8 Å². The zero-order valence-electron chi connectivity index (χ0n) is 8.11. The summed E-state index contributed by atoms with van der Waals surface area (Å²) in [5, 5.41) is 15.0. The zero-order valence-corrected chi connectivity index (χ0v) is 11.9. The normalized spacial score (nSPS) is 13.0. The topological polar surface area (TPSA) is 33.1 Å². The summed E-state index contributed by atoms with van der Waals surface area (Å²) in [5.41, 5.74) is 1.97. The third kappa shape index (κ3) is 2.99. The number of hydrogen-bond acceptors (Lipinski definition) is 4. The van der Waals surface area contributed by atoms with Crippen molar-refractivity contribution in [2.75, 3.05) is 0 Å². The van der Waals surface area contributed by atoms with Gasteiger partial charge < -0.3 is 5.11 Å². The van der Waals surface area contributed by atoms with Crippen molar-refractivity contribution in [3.05, 3.63) is 36.0 Å². The van der Waals surface area contributed by atoms with Gasteiger partial charge in [-0.05, 0) is 46.5 Å². The molecule has 2 nitrogen and oxygen atoms in total. The minimum atomic E-state index is -0.425. The predicted octanol–water partition coefficient (Wildman–Crippen LogP) is 3.39. The maximum atomic E-state index is 9.96. The van der Waals surface area contributed by atoms with Crippen molar-refractivity contribution < 1.29 is 5.11 Å². The lowest BCUT2D eigenvalue weighted by Crippen LogP contribution is -2.00. The van der Waals surface area contributed by atoms with Crippen LogP contribution < -0.4 is 0 Å². The van der Waals surface area contributed by atoms with E-state index in [4.69, 9.17) is 0 Å². The van der Waals surface area contributed by atoms with Crippen LogP contribution in [0.2, 0.25) is 0 Å². The van der Waals surface area contributed by atoms with Gasteiger partial charge in [-0.2, -0.15) is 0 Å². The van der Waals surface area contributed by atoms with Gasteiger partial charge in [0, 0.05) is 11.8 Å². The first kappa shape index (κ1) is 11.5. The molecule has 0 radical (unpaired) electrons. The molecule has 0 amide bonds. The Morgan fingerprint density at radius 2 is 2.27 bits per heavy atom. The van der Waals surface area contributed by atoms with Gasteiger partial charge in [-0.15, -0.1) is 22.7 Å². The largest absolute Gasteiger partial charge is 0.388 e. The molecule has 2 rings (SSSR count). The fourth-order valence-corrected chi connectivity index (χ4v) is 3.36. The van der Waals surface area contributed by atoms with Gasteiger partial charge in [-0.25, -0.2) is 4.98 Å². The van der Waals surface area contributed by atoms with E-state index >= 15 is 0 Å². The van der Waals surface area contributed by atoms with Crippen LogP contribution in [0.3, 0.4) is 0 Å². The van der Waals surface area contributed by atoms with Crippen molar-refractivity contribution in [2.24, 2.45) is 0 Å². The van der Waals surface area contributed by atoms with Gasteiger partial charge >= 0.3 is 0 Å². The van der Waals surface area contributed by atoms with Crippen molar-refractivity contribution in [2.45, 2.75) is 19.4 Å². The zero-order chi connectivity index (χ0) is 10.8. The van der Waals surface area contributed by atoms with Crippen molar-refractivity contribution in [1.29, 1.82) is 0 Å². The molecule has 2 aromatic heterocycles. The first-order valence-electron chi connectivity index (χ1n) is 4.48. The number of aliphatic hydroxyl groups excluding tert-OH is 1. The summed E-state index contributed by atoms with van der Waals surface area (Å²) in [6.07, 6.45) is 0.184. The van der Waals surface area contributed by atoms with Crippen LogP contribution in [-0.2, 0) is 6.42 Å². The first-order valence-corrected chi connectivity index (χ1v) is 7.32. The Morgan fingerprint density at radius 1 is 1.47 bits per heavy atom. The number of rotatable bonds is 3. The number of aryl methyl sites for hydroxylation is 1. The third-order valence-corrected chi connectivity index (χ3v) is 4.67. The fourth-order valence-electron chi connectivity index (χ4n) is 1.32. The van der Waals surface area contributed by atoms with Crippen LogP contribution in [0.5, 0.6) is 0 Å². The summed E-state index contributed by atoms with van der Waals surface area (Å²) in [7, 11) is 0. The lowest BCUT2D eigenvalue weighted by atomic mass is 10.1. The maximum Gasteiger partial charge on any atom is 0.0897 e. The lowest BCUT2D eigenvalue weighted by Gasteiger charge is -2.05. The SMILES string of the molecule is Cc1nc(CC(O)c2csc(I)c2)cs1. The second kappa shape index (κ2) is 4.90. The van der Waals surface area contributed by atoms with Crippen LogP contribution in [0.4, 0.5) is 0 Å². The fraction of sp³-hybridized carbons (Fsp3) is 0.300. The standard InChI is InChI=1S/C10H10INOS2/c1-6-12-8(5-14-6)3-9(13)7-2-10(11)15-4-7/h2,4-5,9,13H,3H2,1H3. The van der Waals surface area contributed by atoms with E-state index in [9.17, 15) is 5.11 Å². The Morgan fingerprint density at radius 3 is 2.80 bits per heavy atom. The molecule has 0 aliphatic heterocycles. The van der Waals surface area contributed by atoms with Crippen molar-refractivity contribution >= 4 is 45.3 Å². The van der Waals surface area contributed by atoms with Gasteiger partial charge in [0.15, 0.2) is 0 Å². The molecule has 0 bridgehead atoms. The molecule has 1 unspecified atom stereocenters. The summed E-state index contributed by atoms with van der Waals surface area (Å²) >= 11 is 5.55. The molecule has 0 spiro atoms. The average Bonchev–Trinajstić information content (AvgIpc) is 2.75. The molecule has 0 saturated carbocycles. The second-order valence-electron chi connectivity index (χ2n) is 3.26. The first-order chi connectivity index (χ1) is 7.15. The molecule has 0 saturated heterocycles. The Hall–Kier alpha value is 0.0200. The average molecular weight is 351 g/mol. The molecule has 5 heteroatoms. The molecule has 1 N–H and O–H groups in total. The number of thiazole rings is 1. The number of thiophene rings is 1. The van der Waals surface area contributed by atoms with Crippen LogP contribution in [0, 0.1) is 9.81 Å². The van der Waals surface area contributed by atoms with Crippen LogP contribution >= 0.6 is 45.3 Å². The number of nitrogens with zero attached hydrogens (tertiary/aromatic N) is 1. The van der Waals surface area contributed by atoms with Crippen molar-refractivity contribution in [3.63, 3.8) is 0 Å². The van der Waals surface area contributed by atoms with Crippen LogP contribution in [-0.4, -0.2) is 10.1 Å². The summed E-state index contributed by atoms with van der Waals surface area (Å²) in [4.78, 5) is 4.34. The molecular formula is C10H10INOS2. The van der Waals surface area contributed by atoms with E-state index in [0.29, 0.717) is 6.42 Å². The molecule has 0 aromatic carbocycles. The molecule has 0 aliphatic carbocycles. The minimum Gasteiger partial charge on any atom is -0.388 e. The van der Waals surface area contributed by atoms with E-state index in [2.05, 4.69) is 27.6 Å². The highest BCUT2D eigenvalue weighted by Crippen LogP contribution is 2.25. The van der Waals surface area contributed by atoms with E-state index in [-0.39, 0.29) is 0 Å². The summed E-state index contributed by atoms with van der Waals surface area (Å²) in [6.45, 7) is 1.98. The summed E-state index contributed by atoms with van der Waals surface area (Å²) in [5.74, 6) is 0. The van der Waals surface area contributed by atoms with Gasteiger partial charge in [0.1, 0.15) is 0 Å². The number of halogens is 1. The molecular weight excluding hydrogens is 341 g/mol. The van der Waals surface area contributed by atoms with Gasteiger partial charge in [-0.1, -0.05) is 0 Å². The lowest BCUT2D eigenvalue weighted by molar-refractivity contribution is 0.178. The van der Waals surface area contributed by atoms with Crippen molar-refractivity contribution in [1.82, 2.24) is 4.98 Å². The highest BCUT2D eigenvalue weighted by molar-refractivity contribution is 14.1. The molecule has 2 heterocycles. The van der Waals surface area contributed by atoms with E-state index in [1.165, 1.54) is 2.88 Å². The maximum absolute atomic E-state index is 9.96. The van der Waals surface area contributed by atoms with Crippen LogP contribution in [0.1, 0.15) is 22.4 Å². The smallest absolute Gasteiger partial charge is 0.0897 e. The monoisotopic (exact) mass is 351 g/mol. The highest BCUT2D eigenvalue weighted by Gasteiger charge is 2.11. The Kier molecular flexibility index (Phi) is 3.76. The molecule has 0 aliphatic rings. The van der Waals surface area contributed by atoms with E-state index in [1.807, 2.05) is 23.8 Å². The molecule has 2 aromatic rings. The van der Waals surface area contributed by atoms with E-state index in [1.54, 1.807) is 22.7 Å². The Bertz CT molecular complexity index is 452. The minimum absolute atomic E-state index is 0.425. The quantitative estimate of drug-likeness (QED) is 0.860. The van der Waals surface area contributed by atoms with E-state index in [0.717, 1.165) is 16.3 Å². The van der Waals surface area contributed by atoms with Gasteiger partial charge in [0.2, 0.25) is 0 Å². The van der Waals surface area contributed by atoms with Gasteiger partial charge in [-0.3, -0.25) is 0 Å². The molecule has 1 atom stereocenters. The number of hydrogen-bond donors (Lipinski definition) is 1. The van der Waals surface area contributed by atoms with Gasteiger partial charge in [0.25, 0.3) is 0 Å². The number of aliphatic hydroxyl groups is 1. The summed E-state index contributed by atoms with van der Waals surface area (Å²) in [6, 6.07) is 2.02. The molecule has 0 fully saturated rings. The number of aromatic nitrogens is 1. The van der Waals surface area contributed by atoms with Crippen LogP contribution in [0.25, 0.3) is 0 Å². The van der Waals surface area contributed by atoms with Crippen molar-refractivity contribution in [3.8, 4) is 0 Å². The predicted molar refractivity (Wildman–Crippen MR) is 72.6 cm³/mol. The second-order valence-corrected chi connectivity index (χ2v) is 7.13. The summed E-state index contributed by atoms with van der Waals surface area (Å²) < 4.78 is 1.20. The van der Waals surface area contributed by atoms with Gasteiger partial charge in [0.05, 0.1) is 19.7 Å². The van der Waals surface area contributed by atoms with E-state index < -0.39 is 6.10 Å². The molecule has 15 heavy (non-hydrogen) atoms. The highest BCUT2D eigenvalue weighted by atomic mass is 127. The Labute approximate surface area is 110 Å². The molecule has 80 valence electrons. The third-order valence-electron chi connectivity index (χ3n) is 2.04.